The molecule has 2 aromatic carbocycles. The molecule has 2 aromatic rings. The molecule has 0 unspecified atom stereocenters. The van der Waals surface area contributed by atoms with Crippen molar-refractivity contribution in [3.8, 4) is 6.07 Å². The maximum absolute atomic E-state index is 12.8. The number of carbonyl (C=O) groups is 1. The highest BCUT2D eigenvalue weighted by Gasteiger charge is 2.46. The first-order valence-corrected chi connectivity index (χ1v) is 10.1. The fraction of sp³-hybridized carbons (Fsp3) is 0.300. The molecule has 0 radical (unpaired) electrons. The predicted octanol–water partition coefficient (Wildman–Crippen LogP) is 2.48. The molecule has 1 aliphatic rings. The highest BCUT2D eigenvalue weighted by Crippen LogP contribution is 2.38. The molecule has 1 heterocycles. The largest absolute Gasteiger partial charge is 0.450 e. The van der Waals surface area contributed by atoms with E-state index in [1.165, 1.54) is 4.31 Å². The number of sulfonamides is 1. The highest BCUT2D eigenvalue weighted by molar-refractivity contribution is 7.89. The predicted molar refractivity (Wildman–Crippen MR) is 99.1 cm³/mol. The van der Waals surface area contributed by atoms with Gasteiger partial charge in [0.2, 0.25) is 10.0 Å². The molecule has 0 bridgehead atoms. The summed E-state index contributed by atoms with van der Waals surface area (Å²) in [5.41, 5.74) is -0.162. The molecule has 0 amide bonds. The molecule has 0 atom stereocenters. The molecule has 1 aliphatic heterocycles. The summed E-state index contributed by atoms with van der Waals surface area (Å²) in [6.45, 7) is 0.0843. The molecule has 3 rings (SSSR count). The van der Waals surface area contributed by atoms with Gasteiger partial charge in [0, 0.05) is 13.1 Å². The smallest absolute Gasteiger partial charge is 0.317 e. The van der Waals surface area contributed by atoms with Crippen LogP contribution in [0.2, 0.25) is 0 Å². The molecule has 27 heavy (non-hydrogen) atoms. The van der Waals surface area contributed by atoms with Gasteiger partial charge in [0.1, 0.15) is 6.07 Å². The maximum atomic E-state index is 12.8. The normalized spacial score (nSPS) is 17.0. The first-order chi connectivity index (χ1) is 13.0. The van der Waals surface area contributed by atoms with E-state index in [-0.39, 0.29) is 24.6 Å². The number of carbonyl (C=O) groups excluding carboxylic acids is 1. The first-order valence-electron chi connectivity index (χ1n) is 8.66. The Balaban J connectivity index is 1.86. The third-order valence-electron chi connectivity index (χ3n) is 4.94. The Kier molecular flexibility index (Phi) is 5.59. The second kappa shape index (κ2) is 7.91. The van der Waals surface area contributed by atoms with Crippen LogP contribution < -0.4 is 0 Å². The van der Waals surface area contributed by atoms with Crippen LogP contribution >= 0.6 is 0 Å². The molecule has 1 saturated heterocycles. The molecule has 7 heteroatoms. The second-order valence-electron chi connectivity index (χ2n) is 6.40. The standard InChI is InChI=1S/C20H20N2O4S/c21-13-16-26-19(23)20(17-7-3-1-4-8-17)11-14-22(15-12-20)27(24,25)18-9-5-2-6-10-18/h1-10H,11-12,14-16H2. The van der Waals surface area contributed by atoms with E-state index < -0.39 is 21.4 Å². The summed E-state index contributed by atoms with van der Waals surface area (Å²) in [7, 11) is -3.61. The van der Waals surface area contributed by atoms with E-state index in [1.54, 1.807) is 30.3 Å². The van der Waals surface area contributed by atoms with Crippen LogP contribution in [0.1, 0.15) is 18.4 Å². The van der Waals surface area contributed by atoms with Crippen molar-refractivity contribution in [2.45, 2.75) is 23.2 Å². The second-order valence-corrected chi connectivity index (χ2v) is 8.34. The molecule has 0 saturated carbocycles. The fourth-order valence-electron chi connectivity index (χ4n) is 3.45. The van der Waals surface area contributed by atoms with Gasteiger partial charge in [0.05, 0.1) is 10.3 Å². The first kappa shape index (κ1) is 19.1. The van der Waals surface area contributed by atoms with Crippen LogP contribution in [0.25, 0.3) is 0 Å². The Hall–Kier alpha value is -2.69. The number of hydrogen-bond acceptors (Lipinski definition) is 5. The number of piperidine rings is 1. The monoisotopic (exact) mass is 384 g/mol. The van der Waals surface area contributed by atoms with Crippen molar-refractivity contribution in [1.82, 2.24) is 4.31 Å². The minimum atomic E-state index is -3.61. The van der Waals surface area contributed by atoms with E-state index in [2.05, 4.69) is 0 Å². The Morgan fingerprint density at radius 1 is 1.04 bits per heavy atom. The van der Waals surface area contributed by atoms with Crippen molar-refractivity contribution in [2.75, 3.05) is 19.7 Å². The number of esters is 1. The van der Waals surface area contributed by atoms with Gasteiger partial charge in [-0.15, -0.1) is 0 Å². The maximum Gasteiger partial charge on any atom is 0.317 e. The summed E-state index contributed by atoms with van der Waals surface area (Å²) in [6, 6.07) is 19.3. The molecular formula is C20H20N2O4S. The van der Waals surface area contributed by atoms with Crippen molar-refractivity contribution in [3.63, 3.8) is 0 Å². The third kappa shape index (κ3) is 3.72. The quantitative estimate of drug-likeness (QED) is 0.739. The Morgan fingerprint density at radius 2 is 1.59 bits per heavy atom. The number of ether oxygens (including phenoxy) is 1. The number of nitrogens with zero attached hydrogens (tertiary/aromatic N) is 2. The lowest BCUT2D eigenvalue weighted by Crippen LogP contribution is -2.49. The van der Waals surface area contributed by atoms with Gasteiger partial charge in [-0.3, -0.25) is 4.79 Å². The number of nitriles is 1. The zero-order valence-electron chi connectivity index (χ0n) is 14.7. The van der Waals surface area contributed by atoms with E-state index in [9.17, 15) is 13.2 Å². The zero-order chi connectivity index (χ0) is 19.3. The average molecular weight is 384 g/mol. The Bertz CT molecular complexity index is 929. The van der Waals surface area contributed by atoms with Crippen molar-refractivity contribution < 1.29 is 17.9 Å². The van der Waals surface area contributed by atoms with Crippen LogP contribution in [-0.2, 0) is 25.0 Å². The molecule has 0 aromatic heterocycles. The zero-order valence-corrected chi connectivity index (χ0v) is 15.6. The summed E-state index contributed by atoms with van der Waals surface area (Å²) in [6.07, 6.45) is 0.598. The SMILES string of the molecule is N#CCOC(=O)C1(c2ccccc2)CCN(S(=O)(=O)c2ccccc2)CC1. The van der Waals surface area contributed by atoms with E-state index in [1.807, 2.05) is 36.4 Å². The van der Waals surface area contributed by atoms with Gasteiger partial charge in [-0.25, -0.2) is 8.42 Å². The van der Waals surface area contributed by atoms with E-state index in [0.717, 1.165) is 5.56 Å². The van der Waals surface area contributed by atoms with Crippen LogP contribution in [-0.4, -0.2) is 38.4 Å². The average Bonchev–Trinajstić information content (AvgIpc) is 2.73. The van der Waals surface area contributed by atoms with Crippen LogP contribution in [0.5, 0.6) is 0 Å². The Labute approximate surface area is 159 Å². The highest BCUT2D eigenvalue weighted by atomic mass is 32.2. The van der Waals surface area contributed by atoms with Crippen LogP contribution in [0.4, 0.5) is 0 Å². The van der Waals surface area contributed by atoms with Gasteiger partial charge in [-0.2, -0.15) is 9.57 Å². The van der Waals surface area contributed by atoms with Gasteiger partial charge >= 0.3 is 5.97 Å². The Morgan fingerprint density at radius 3 is 2.15 bits per heavy atom. The fourth-order valence-corrected chi connectivity index (χ4v) is 4.92. The molecule has 0 aliphatic carbocycles. The summed E-state index contributed by atoms with van der Waals surface area (Å²) in [4.78, 5) is 13.0. The van der Waals surface area contributed by atoms with E-state index >= 15 is 0 Å². The lowest BCUT2D eigenvalue weighted by molar-refractivity contribution is -0.151. The minimum Gasteiger partial charge on any atom is -0.450 e. The van der Waals surface area contributed by atoms with Gasteiger partial charge in [0.25, 0.3) is 0 Å². The van der Waals surface area contributed by atoms with Gasteiger partial charge in [-0.05, 0) is 30.5 Å². The number of benzene rings is 2. The van der Waals surface area contributed by atoms with Crippen molar-refractivity contribution >= 4 is 16.0 Å². The summed E-state index contributed by atoms with van der Waals surface area (Å²) in [5.74, 6) is -0.480. The van der Waals surface area contributed by atoms with E-state index in [0.29, 0.717) is 12.8 Å². The summed E-state index contributed by atoms with van der Waals surface area (Å²) < 4.78 is 32.2. The molecule has 140 valence electrons. The lowest BCUT2D eigenvalue weighted by atomic mass is 9.73. The van der Waals surface area contributed by atoms with Gasteiger partial charge in [0.15, 0.2) is 6.61 Å². The van der Waals surface area contributed by atoms with E-state index in [4.69, 9.17) is 10.00 Å². The number of rotatable bonds is 5. The summed E-state index contributed by atoms with van der Waals surface area (Å²) >= 11 is 0. The lowest BCUT2D eigenvalue weighted by Gasteiger charge is -2.39. The topological polar surface area (TPSA) is 87.5 Å². The van der Waals surface area contributed by atoms with Gasteiger partial charge in [-0.1, -0.05) is 48.5 Å². The molecule has 0 N–H and O–H groups in total. The van der Waals surface area contributed by atoms with Crippen molar-refractivity contribution in [3.05, 3.63) is 66.2 Å². The van der Waals surface area contributed by atoms with Crippen molar-refractivity contribution in [2.24, 2.45) is 0 Å². The molecular weight excluding hydrogens is 364 g/mol. The van der Waals surface area contributed by atoms with Crippen LogP contribution in [0.3, 0.4) is 0 Å². The van der Waals surface area contributed by atoms with Crippen LogP contribution in [0.15, 0.2) is 65.6 Å². The molecule has 6 nitrogen and oxygen atoms in total. The van der Waals surface area contributed by atoms with Crippen LogP contribution in [0, 0.1) is 11.3 Å². The summed E-state index contributed by atoms with van der Waals surface area (Å²) in [5, 5.41) is 8.73. The molecule has 0 spiro atoms. The van der Waals surface area contributed by atoms with Gasteiger partial charge < -0.3 is 4.74 Å². The number of hydrogen-bond donors (Lipinski definition) is 0. The third-order valence-corrected chi connectivity index (χ3v) is 6.85. The molecule has 1 fully saturated rings. The minimum absolute atomic E-state index is 0.202. The van der Waals surface area contributed by atoms with Crippen molar-refractivity contribution in [1.29, 1.82) is 5.26 Å².